The summed E-state index contributed by atoms with van der Waals surface area (Å²) in [5.74, 6) is 0. The third-order valence-corrected chi connectivity index (χ3v) is 4.99. The zero-order valence-electron chi connectivity index (χ0n) is 10.9. The molecule has 0 spiro atoms. The molecule has 0 heterocycles. The Kier molecular flexibility index (Phi) is 5.92. The summed E-state index contributed by atoms with van der Waals surface area (Å²) in [6, 6.07) is 2.57. The Bertz CT molecular complexity index is 524. The fraction of sp³-hybridized carbons (Fsp3) is 0.500. The van der Waals surface area contributed by atoms with E-state index in [0.29, 0.717) is 5.02 Å². The monoisotopic (exact) mass is 324 g/mol. The molecule has 108 valence electrons. The van der Waals surface area contributed by atoms with Crippen LogP contribution < -0.4 is 10.5 Å². The first-order chi connectivity index (χ1) is 8.77. The van der Waals surface area contributed by atoms with Crippen molar-refractivity contribution < 1.29 is 8.42 Å². The van der Waals surface area contributed by atoms with Gasteiger partial charge in [-0.2, -0.15) is 0 Å². The van der Waals surface area contributed by atoms with Crippen molar-refractivity contribution in [1.82, 2.24) is 4.72 Å². The van der Waals surface area contributed by atoms with Crippen LogP contribution in [0.25, 0.3) is 0 Å². The van der Waals surface area contributed by atoms with Gasteiger partial charge in [0.1, 0.15) is 4.90 Å². The predicted molar refractivity (Wildman–Crippen MR) is 80.2 cm³/mol. The Morgan fingerprint density at radius 2 is 2.00 bits per heavy atom. The molecule has 1 aromatic carbocycles. The highest BCUT2D eigenvalue weighted by Crippen LogP contribution is 2.31. The first kappa shape index (κ1) is 16.6. The number of hydrogen-bond donors (Lipinski definition) is 2. The summed E-state index contributed by atoms with van der Waals surface area (Å²) in [4.78, 5) is -0.109. The van der Waals surface area contributed by atoms with Crippen LogP contribution in [0.3, 0.4) is 0 Å². The lowest BCUT2D eigenvalue weighted by Gasteiger charge is -2.16. The highest BCUT2D eigenvalue weighted by atomic mass is 35.5. The Balaban J connectivity index is 3.01. The minimum absolute atomic E-state index is 0.0280. The van der Waals surface area contributed by atoms with Crippen molar-refractivity contribution in [3.05, 3.63) is 22.2 Å². The van der Waals surface area contributed by atoms with Gasteiger partial charge in [0.2, 0.25) is 10.0 Å². The summed E-state index contributed by atoms with van der Waals surface area (Å²) in [5.41, 5.74) is 5.74. The van der Waals surface area contributed by atoms with Crippen molar-refractivity contribution in [2.24, 2.45) is 0 Å². The summed E-state index contributed by atoms with van der Waals surface area (Å²) in [6.07, 6.45) is 2.73. The standard InChI is InChI=1S/C12H18Cl2N2O2S/c1-3-4-5-8(2)16-19(17,18)12-10(14)6-9(13)7-11(12)15/h6-8,16H,3-5,15H2,1-2H3. The van der Waals surface area contributed by atoms with Gasteiger partial charge in [-0.15, -0.1) is 0 Å². The molecule has 7 heteroatoms. The number of unbranched alkanes of at least 4 members (excludes halogenated alkanes) is 1. The molecule has 0 aliphatic rings. The van der Waals surface area contributed by atoms with Gasteiger partial charge in [0, 0.05) is 11.1 Å². The SMILES string of the molecule is CCCCC(C)NS(=O)(=O)c1c(N)cc(Cl)cc1Cl. The quantitative estimate of drug-likeness (QED) is 0.787. The number of nitrogens with two attached hydrogens (primary N) is 1. The second-order valence-electron chi connectivity index (χ2n) is 4.47. The lowest BCUT2D eigenvalue weighted by atomic mass is 10.2. The molecule has 0 aliphatic carbocycles. The van der Waals surface area contributed by atoms with Crippen LogP contribution in [-0.2, 0) is 10.0 Å². The Morgan fingerprint density at radius 1 is 1.37 bits per heavy atom. The van der Waals surface area contributed by atoms with E-state index in [9.17, 15) is 8.42 Å². The van der Waals surface area contributed by atoms with E-state index >= 15 is 0 Å². The maximum absolute atomic E-state index is 12.2. The van der Waals surface area contributed by atoms with Gasteiger partial charge in [-0.25, -0.2) is 13.1 Å². The molecule has 1 atom stereocenters. The first-order valence-electron chi connectivity index (χ1n) is 6.04. The number of rotatable bonds is 6. The van der Waals surface area contributed by atoms with Crippen LogP contribution in [0.15, 0.2) is 17.0 Å². The molecule has 0 bridgehead atoms. The third-order valence-electron chi connectivity index (χ3n) is 2.65. The van der Waals surface area contributed by atoms with Crippen LogP contribution in [0, 0.1) is 0 Å². The Labute approximate surface area is 124 Å². The zero-order chi connectivity index (χ0) is 14.6. The number of nitrogens with one attached hydrogen (secondary N) is 1. The number of anilines is 1. The lowest BCUT2D eigenvalue weighted by molar-refractivity contribution is 0.534. The molecular weight excluding hydrogens is 307 g/mol. The molecule has 3 N–H and O–H groups in total. The number of halogens is 2. The normalized spacial score (nSPS) is 13.5. The lowest BCUT2D eigenvalue weighted by Crippen LogP contribution is -2.33. The van der Waals surface area contributed by atoms with E-state index in [2.05, 4.69) is 11.6 Å². The topological polar surface area (TPSA) is 72.2 Å². The number of hydrogen-bond acceptors (Lipinski definition) is 3. The van der Waals surface area contributed by atoms with Gasteiger partial charge >= 0.3 is 0 Å². The summed E-state index contributed by atoms with van der Waals surface area (Å²) in [5, 5.41) is 0.334. The van der Waals surface area contributed by atoms with Crippen LogP contribution in [0.2, 0.25) is 10.0 Å². The molecule has 0 radical (unpaired) electrons. The molecule has 0 fully saturated rings. The highest BCUT2D eigenvalue weighted by Gasteiger charge is 2.23. The van der Waals surface area contributed by atoms with Crippen LogP contribution in [0.1, 0.15) is 33.1 Å². The second kappa shape index (κ2) is 6.79. The fourth-order valence-electron chi connectivity index (χ4n) is 1.76. The smallest absolute Gasteiger partial charge is 0.244 e. The van der Waals surface area contributed by atoms with Gasteiger partial charge in [-0.1, -0.05) is 43.0 Å². The van der Waals surface area contributed by atoms with Crippen molar-refractivity contribution in [3.63, 3.8) is 0 Å². The van der Waals surface area contributed by atoms with Crippen molar-refractivity contribution in [1.29, 1.82) is 0 Å². The minimum atomic E-state index is -3.73. The van der Waals surface area contributed by atoms with E-state index in [1.54, 1.807) is 0 Å². The average Bonchev–Trinajstić information content (AvgIpc) is 2.23. The van der Waals surface area contributed by atoms with Gasteiger partial charge in [-0.05, 0) is 25.5 Å². The van der Waals surface area contributed by atoms with E-state index in [4.69, 9.17) is 28.9 Å². The molecular formula is C12H18Cl2N2O2S. The molecule has 1 aromatic rings. The number of benzene rings is 1. The first-order valence-corrected chi connectivity index (χ1v) is 8.28. The van der Waals surface area contributed by atoms with Crippen LogP contribution in [0.5, 0.6) is 0 Å². The molecule has 0 amide bonds. The zero-order valence-corrected chi connectivity index (χ0v) is 13.2. The van der Waals surface area contributed by atoms with Crippen molar-refractivity contribution in [3.8, 4) is 0 Å². The maximum Gasteiger partial charge on any atom is 0.244 e. The van der Waals surface area contributed by atoms with E-state index in [0.717, 1.165) is 19.3 Å². The van der Waals surface area contributed by atoms with Gasteiger partial charge < -0.3 is 5.73 Å². The molecule has 1 unspecified atom stereocenters. The highest BCUT2D eigenvalue weighted by molar-refractivity contribution is 7.89. The van der Waals surface area contributed by atoms with Gasteiger partial charge in [-0.3, -0.25) is 0 Å². The minimum Gasteiger partial charge on any atom is -0.398 e. The molecule has 0 saturated carbocycles. The van der Waals surface area contributed by atoms with Crippen LogP contribution >= 0.6 is 23.2 Å². The van der Waals surface area contributed by atoms with E-state index in [-0.39, 0.29) is 21.6 Å². The summed E-state index contributed by atoms with van der Waals surface area (Å²) in [6.45, 7) is 3.86. The van der Waals surface area contributed by atoms with Gasteiger partial charge in [0.25, 0.3) is 0 Å². The predicted octanol–water partition coefficient (Wildman–Crippen LogP) is 3.43. The van der Waals surface area contributed by atoms with Crippen LogP contribution in [0.4, 0.5) is 5.69 Å². The Morgan fingerprint density at radius 3 is 2.53 bits per heavy atom. The van der Waals surface area contributed by atoms with E-state index < -0.39 is 10.0 Å². The van der Waals surface area contributed by atoms with Crippen molar-refractivity contribution in [2.75, 3.05) is 5.73 Å². The molecule has 19 heavy (non-hydrogen) atoms. The van der Waals surface area contributed by atoms with Gasteiger partial charge in [0.05, 0.1) is 10.7 Å². The Hall–Kier alpha value is -0.490. The molecule has 0 aliphatic heterocycles. The maximum atomic E-state index is 12.2. The molecule has 1 rings (SSSR count). The summed E-state index contributed by atoms with van der Waals surface area (Å²) >= 11 is 11.7. The number of sulfonamides is 1. The molecule has 0 saturated heterocycles. The third kappa shape index (κ3) is 4.53. The van der Waals surface area contributed by atoms with E-state index in [1.165, 1.54) is 12.1 Å². The molecule has 0 aromatic heterocycles. The summed E-state index contributed by atoms with van der Waals surface area (Å²) < 4.78 is 27.1. The number of nitrogen functional groups attached to an aromatic ring is 1. The van der Waals surface area contributed by atoms with E-state index in [1.807, 2.05) is 6.92 Å². The molecule has 4 nitrogen and oxygen atoms in total. The summed E-state index contributed by atoms with van der Waals surface area (Å²) in [7, 11) is -3.73. The van der Waals surface area contributed by atoms with Crippen molar-refractivity contribution in [2.45, 2.75) is 44.0 Å². The largest absolute Gasteiger partial charge is 0.398 e. The van der Waals surface area contributed by atoms with Crippen molar-refractivity contribution >= 4 is 38.9 Å². The average molecular weight is 325 g/mol. The fourth-order valence-corrected chi connectivity index (χ4v) is 4.02. The second-order valence-corrected chi connectivity index (χ2v) is 6.96. The van der Waals surface area contributed by atoms with Gasteiger partial charge in [0.15, 0.2) is 0 Å². The van der Waals surface area contributed by atoms with Crippen LogP contribution in [-0.4, -0.2) is 14.5 Å².